The van der Waals surface area contributed by atoms with E-state index in [4.69, 9.17) is 23.2 Å². The first-order chi connectivity index (χ1) is 14.1. The number of rotatable bonds is 2. The highest BCUT2D eigenvalue weighted by atomic mass is 35.5. The maximum Gasteiger partial charge on any atom is 0.433 e. The fourth-order valence-corrected chi connectivity index (χ4v) is 3.83. The Morgan fingerprint density at radius 3 is 2.37 bits per heavy atom. The number of fused-ring (bicyclic) bond motifs is 1. The third-order valence-corrected chi connectivity index (χ3v) is 5.84. The number of piperidine rings is 1. The van der Waals surface area contributed by atoms with Gasteiger partial charge < -0.3 is 4.90 Å². The van der Waals surface area contributed by atoms with Crippen LogP contribution in [-0.4, -0.2) is 38.5 Å². The molecule has 30 heavy (non-hydrogen) atoms. The molecule has 1 aliphatic rings. The van der Waals surface area contributed by atoms with Crippen LogP contribution in [0.3, 0.4) is 0 Å². The van der Waals surface area contributed by atoms with Crippen LogP contribution in [0.15, 0.2) is 30.3 Å². The average molecular weight is 457 g/mol. The lowest BCUT2D eigenvalue weighted by Crippen LogP contribution is -2.38. The van der Waals surface area contributed by atoms with Crippen LogP contribution in [-0.2, 0) is 6.18 Å². The van der Waals surface area contributed by atoms with Gasteiger partial charge in [-0.3, -0.25) is 4.79 Å². The lowest BCUT2D eigenvalue weighted by Gasteiger charge is -2.29. The van der Waals surface area contributed by atoms with Crippen LogP contribution in [0.2, 0.25) is 10.0 Å². The van der Waals surface area contributed by atoms with Crippen LogP contribution < -0.4 is 0 Å². The molecule has 1 saturated heterocycles. The minimum atomic E-state index is -4.72. The van der Waals surface area contributed by atoms with Crippen LogP contribution >= 0.6 is 23.2 Å². The minimum absolute atomic E-state index is 0.0547. The maximum atomic E-state index is 13.8. The van der Waals surface area contributed by atoms with E-state index in [1.54, 1.807) is 29.2 Å². The van der Waals surface area contributed by atoms with Crippen molar-refractivity contribution < 1.29 is 18.0 Å². The summed E-state index contributed by atoms with van der Waals surface area (Å²) in [6.07, 6.45) is -3.08. The number of likely N-dealkylation sites (tertiary alicyclic amines) is 1. The van der Waals surface area contributed by atoms with Crippen molar-refractivity contribution in [3.8, 4) is 11.3 Å². The molecule has 0 aliphatic carbocycles. The zero-order chi connectivity index (χ0) is 21.6. The zero-order valence-electron chi connectivity index (χ0n) is 15.9. The molecule has 0 spiro atoms. The van der Waals surface area contributed by atoms with E-state index >= 15 is 0 Å². The quantitative estimate of drug-likeness (QED) is 0.504. The lowest BCUT2D eigenvalue weighted by molar-refractivity contribution is -0.142. The fraction of sp³-hybridized carbons (Fsp3) is 0.350. The van der Waals surface area contributed by atoms with E-state index in [2.05, 4.69) is 17.0 Å². The van der Waals surface area contributed by atoms with E-state index in [0.717, 1.165) is 18.9 Å². The molecule has 158 valence electrons. The summed E-state index contributed by atoms with van der Waals surface area (Å²) in [5.74, 6) is 0.00425. The molecule has 4 rings (SSSR count). The number of hydrogen-bond acceptors (Lipinski definition) is 3. The number of benzene rings is 1. The van der Waals surface area contributed by atoms with Gasteiger partial charge in [-0.25, -0.2) is 9.50 Å². The van der Waals surface area contributed by atoms with Gasteiger partial charge >= 0.3 is 6.18 Å². The van der Waals surface area contributed by atoms with Crippen molar-refractivity contribution in [2.75, 3.05) is 13.1 Å². The Bertz CT molecular complexity index is 1100. The standard InChI is InChI=1S/C20H17Cl2F3N4O/c1-11-6-8-28(9-7-11)19(30)17-16(22)18-26-14(12-2-4-13(21)5-3-12)10-15(20(23,24)25)29(18)27-17/h2-5,10-11H,6-9H2,1H3. The minimum Gasteiger partial charge on any atom is -0.337 e. The normalized spacial score (nSPS) is 15.7. The van der Waals surface area contributed by atoms with Crippen molar-refractivity contribution in [3.63, 3.8) is 0 Å². The Morgan fingerprint density at radius 2 is 1.77 bits per heavy atom. The van der Waals surface area contributed by atoms with Gasteiger partial charge in [-0.1, -0.05) is 42.3 Å². The number of hydrogen-bond donors (Lipinski definition) is 0. The van der Waals surface area contributed by atoms with E-state index < -0.39 is 17.8 Å². The van der Waals surface area contributed by atoms with E-state index in [0.29, 0.717) is 34.1 Å². The molecular formula is C20H17Cl2F3N4O. The van der Waals surface area contributed by atoms with E-state index in [-0.39, 0.29) is 22.1 Å². The van der Waals surface area contributed by atoms with Crippen molar-refractivity contribution >= 4 is 34.8 Å². The van der Waals surface area contributed by atoms with E-state index in [1.165, 1.54) is 0 Å². The second-order valence-corrected chi connectivity index (χ2v) is 8.22. The summed E-state index contributed by atoms with van der Waals surface area (Å²) in [6.45, 7) is 3.12. The van der Waals surface area contributed by atoms with Crippen molar-refractivity contribution in [1.29, 1.82) is 0 Å². The molecule has 0 saturated carbocycles. The molecule has 5 nitrogen and oxygen atoms in total. The molecule has 1 fully saturated rings. The van der Waals surface area contributed by atoms with E-state index in [1.807, 2.05) is 0 Å². The van der Waals surface area contributed by atoms with Gasteiger partial charge in [-0.2, -0.15) is 18.3 Å². The topological polar surface area (TPSA) is 50.5 Å². The van der Waals surface area contributed by atoms with Crippen LogP contribution in [0.4, 0.5) is 13.2 Å². The summed E-state index contributed by atoms with van der Waals surface area (Å²) in [7, 11) is 0. The number of halogens is 5. The summed E-state index contributed by atoms with van der Waals surface area (Å²) in [5.41, 5.74) is -1.02. The smallest absolute Gasteiger partial charge is 0.337 e. The molecule has 0 atom stereocenters. The molecule has 1 aromatic carbocycles. The highest BCUT2D eigenvalue weighted by Crippen LogP contribution is 2.35. The molecule has 10 heteroatoms. The van der Waals surface area contributed by atoms with Crippen molar-refractivity contribution in [2.45, 2.75) is 25.9 Å². The fourth-order valence-electron chi connectivity index (χ4n) is 3.46. The van der Waals surface area contributed by atoms with Gasteiger partial charge in [0.25, 0.3) is 5.91 Å². The third kappa shape index (κ3) is 3.86. The van der Waals surface area contributed by atoms with Gasteiger partial charge in [0.05, 0.1) is 5.69 Å². The summed E-state index contributed by atoms with van der Waals surface area (Å²) in [4.78, 5) is 18.7. The predicted octanol–water partition coefficient (Wildman–Crippen LogP) is 5.59. The Balaban J connectivity index is 1.84. The first-order valence-electron chi connectivity index (χ1n) is 9.37. The lowest BCUT2D eigenvalue weighted by atomic mass is 9.99. The molecule has 3 heterocycles. The molecule has 2 aromatic heterocycles. The average Bonchev–Trinajstić information content (AvgIpc) is 3.04. The number of aromatic nitrogens is 3. The van der Waals surface area contributed by atoms with E-state index in [9.17, 15) is 18.0 Å². The van der Waals surface area contributed by atoms with Crippen LogP contribution in [0.5, 0.6) is 0 Å². The predicted molar refractivity (Wildman–Crippen MR) is 108 cm³/mol. The van der Waals surface area contributed by atoms with Crippen LogP contribution in [0, 0.1) is 5.92 Å². The first-order valence-corrected chi connectivity index (χ1v) is 10.1. The summed E-state index contributed by atoms with van der Waals surface area (Å²) in [5, 5.41) is 4.16. The molecule has 1 amide bonds. The van der Waals surface area contributed by atoms with Crippen molar-refractivity contribution in [1.82, 2.24) is 19.5 Å². The number of amides is 1. The van der Waals surface area contributed by atoms with Gasteiger partial charge in [-0.15, -0.1) is 0 Å². The maximum absolute atomic E-state index is 13.8. The monoisotopic (exact) mass is 456 g/mol. The summed E-state index contributed by atoms with van der Waals surface area (Å²) >= 11 is 12.2. The van der Waals surface area contributed by atoms with Gasteiger partial charge in [-0.05, 0) is 37.0 Å². The number of carbonyl (C=O) groups is 1. The third-order valence-electron chi connectivity index (χ3n) is 5.24. The molecule has 0 radical (unpaired) electrons. The number of nitrogens with zero attached hydrogens (tertiary/aromatic N) is 4. The Labute approximate surface area is 180 Å². The second kappa shape index (κ2) is 7.74. The summed E-state index contributed by atoms with van der Waals surface area (Å²) in [6, 6.07) is 7.12. The summed E-state index contributed by atoms with van der Waals surface area (Å²) < 4.78 is 41.9. The molecule has 1 aliphatic heterocycles. The Hall–Kier alpha value is -2.32. The van der Waals surface area contributed by atoms with Gasteiger partial charge in [0.1, 0.15) is 5.02 Å². The highest BCUT2D eigenvalue weighted by Gasteiger charge is 2.37. The molecular weight excluding hydrogens is 440 g/mol. The van der Waals surface area contributed by atoms with Crippen LogP contribution in [0.1, 0.15) is 35.9 Å². The van der Waals surface area contributed by atoms with Crippen molar-refractivity contribution in [3.05, 3.63) is 51.8 Å². The molecule has 0 unspecified atom stereocenters. The highest BCUT2D eigenvalue weighted by molar-refractivity contribution is 6.36. The zero-order valence-corrected chi connectivity index (χ0v) is 17.4. The SMILES string of the molecule is CC1CCN(C(=O)c2nn3c(C(F)(F)F)cc(-c4ccc(Cl)cc4)nc3c2Cl)CC1. The molecule has 0 N–H and O–H groups in total. The molecule has 3 aromatic rings. The number of alkyl halides is 3. The van der Waals surface area contributed by atoms with Gasteiger partial charge in [0.2, 0.25) is 0 Å². The van der Waals surface area contributed by atoms with Gasteiger partial charge in [0.15, 0.2) is 17.0 Å². The molecule has 0 bridgehead atoms. The Kier molecular flexibility index (Phi) is 5.40. The van der Waals surface area contributed by atoms with Crippen molar-refractivity contribution in [2.24, 2.45) is 5.92 Å². The second-order valence-electron chi connectivity index (χ2n) is 7.40. The van der Waals surface area contributed by atoms with Gasteiger partial charge in [0, 0.05) is 23.7 Å². The Morgan fingerprint density at radius 1 is 1.13 bits per heavy atom. The first kappa shape index (κ1) is 20.9. The van der Waals surface area contributed by atoms with Crippen LogP contribution in [0.25, 0.3) is 16.9 Å². The number of carbonyl (C=O) groups excluding carboxylic acids is 1. The largest absolute Gasteiger partial charge is 0.433 e.